The fourth-order valence-corrected chi connectivity index (χ4v) is 2.02. The van der Waals surface area contributed by atoms with E-state index in [4.69, 9.17) is 4.55 Å². The van der Waals surface area contributed by atoms with Crippen LogP contribution in [0.2, 0.25) is 0 Å². The lowest BCUT2D eigenvalue weighted by Gasteiger charge is -2.42. The smallest absolute Gasteiger partial charge is 0.460 e. The van der Waals surface area contributed by atoms with Gasteiger partial charge in [-0.3, -0.25) is 4.55 Å². The van der Waals surface area contributed by atoms with Crippen molar-refractivity contribution >= 4 is 16.1 Å². The summed E-state index contributed by atoms with van der Waals surface area (Å²) in [6.45, 7) is 7.21. The summed E-state index contributed by atoms with van der Waals surface area (Å²) in [6.07, 6.45) is -7.88. The van der Waals surface area contributed by atoms with E-state index in [1.165, 1.54) is 0 Å². The molecule has 0 aromatic heterocycles. The quantitative estimate of drug-likeness (QED) is 0.137. The van der Waals surface area contributed by atoms with E-state index >= 15 is 0 Å². The van der Waals surface area contributed by atoms with Gasteiger partial charge >= 0.3 is 63.1 Å². The first-order valence-corrected chi connectivity index (χ1v) is 9.63. The average molecular weight is 631 g/mol. The van der Waals surface area contributed by atoms with Gasteiger partial charge in [0.1, 0.15) is 0 Å². The molecule has 0 heterocycles. The zero-order valence-corrected chi connectivity index (χ0v) is 18.9. The summed E-state index contributed by atoms with van der Waals surface area (Å²) in [6, 6.07) is 0. The molecule has 0 spiro atoms. The molecule has 0 amide bonds. The number of hydrogen-bond acceptors (Lipinski definition) is 5. The third-order valence-electron chi connectivity index (χ3n) is 3.64. The first-order chi connectivity index (χ1) is 15.7. The second-order valence-electron chi connectivity index (χ2n) is 6.44. The third-order valence-corrected chi connectivity index (χ3v) is 4.55. The van der Waals surface area contributed by atoms with Gasteiger partial charge in [0.25, 0.3) is 0 Å². The third kappa shape index (κ3) is 6.20. The van der Waals surface area contributed by atoms with E-state index in [0.717, 1.165) is 0 Å². The minimum absolute atomic E-state index is 0. The normalized spacial score (nSPS) is 14.6. The van der Waals surface area contributed by atoms with Crippen molar-refractivity contribution in [2.75, 3.05) is 6.61 Å². The van der Waals surface area contributed by atoms with Crippen molar-refractivity contribution in [2.24, 2.45) is 0 Å². The van der Waals surface area contributed by atoms with Gasteiger partial charge in [-0.05, 0) is 13.8 Å². The summed E-state index contributed by atoms with van der Waals surface area (Å²) < 4.78 is 247. The molecule has 230 valence electrons. The molecule has 0 saturated heterocycles. The van der Waals surface area contributed by atoms with Crippen molar-refractivity contribution in [3.05, 3.63) is 12.2 Å². The molecule has 0 aromatic rings. The molecule has 0 aliphatic heterocycles. The van der Waals surface area contributed by atoms with Gasteiger partial charge in [-0.15, -0.1) is 0 Å². The zero-order chi connectivity index (χ0) is 31.1. The van der Waals surface area contributed by atoms with E-state index in [9.17, 15) is 87.8 Å². The van der Waals surface area contributed by atoms with Crippen molar-refractivity contribution in [1.82, 2.24) is 6.15 Å². The van der Waals surface area contributed by atoms with E-state index in [1.807, 2.05) is 0 Å². The first-order valence-electron chi connectivity index (χ1n) is 8.19. The van der Waals surface area contributed by atoms with Crippen LogP contribution in [0.25, 0.3) is 0 Å². The van der Waals surface area contributed by atoms with Crippen LogP contribution in [-0.4, -0.2) is 72.5 Å². The lowest BCUT2D eigenvalue weighted by atomic mass is 9.91. The largest absolute Gasteiger partial charge is 0.463 e. The maximum atomic E-state index is 13.0. The number of carbonyl (C=O) groups is 1. The summed E-state index contributed by atoms with van der Waals surface area (Å²) in [7, 11) is -7.89. The van der Waals surface area contributed by atoms with E-state index in [-0.39, 0.29) is 12.1 Å². The second-order valence-corrected chi connectivity index (χ2v) is 7.90. The number of halogens is 17. The summed E-state index contributed by atoms with van der Waals surface area (Å²) in [5.74, 6) is -52.3. The Labute approximate surface area is 200 Å². The highest BCUT2D eigenvalue weighted by molar-refractivity contribution is 7.87. The SMILES string of the molecule is C=C(C)C(=O)OCC.N.O=S(=O)(O)C(F)(F)C(F)(F)C(F)(F)C(F)(F)C(F)(F)C(F)(F)C(F)(F)C(F)(F)F. The van der Waals surface area contributed by atoms with Crippen LogP contribution in [0.5, 0.6) is 0 Å². The Hall–Kier alpha value is -2.11. The van der Waals surface area contributed by atoms with Gasteiger partial charge in [0.15, 0.2) is 0 Å². The molecule has 0 bridgehead atoms. The summed E-state index contributed by atoms with van der Waals surface area (Å²) in [4.78, 5) is 10.4. The molecule has 4 N–H and O–H groups in total. The molecule has 0 aliphatic rings. The highest BCUT2D eigenvalue weighted by Gasteiger charge is 2.96. The van der Waals surface area contributed by atoms with E-state index in [1.54, 1.807) is 13.8 Å². The highest BCUT2D eigenvalue weighted by atomic mass is 32.2. The Balaban J connectivity index is -0.00000117. The Morgan fingerprint density at radius 3 is 1.13 bits per heavy atom. The summed E-state index contributed by atoms with van der Waals surface area (Å²) in [5, 5.41) is -7.84. The van der Waals surface area contributed by atoms with Gasteiger partial charge < -0.3 is 10.9 Å². The minimum Gasteiger partial charge on any atom is -0.463 e. The molecule has 6 nitrogen and oxygen atoms in total. The van der Waals surface area contributed by atoms with Crippen LogP contribution in [0.4, 0.5) is 74.6 Å². The number of carbonyl (C=O) groups excluding carboxylic acids is 1. The Bertz CT molecular complexity index is 959. The number of hydrogen-bond donors (Lipinski definition) is 2. The van der Waals surface area contributed by atoms with E-state index in [2.05, 4.69) is 11.3 Å². The molecule has 38 heavy (non-hydrogen) atoms. The van der Waals surface area contributed by atoms with Crippen molar-refractivity contribution in [3.63, 3.8) is 0 Å². The van der Waals surface area contributed by atoms with Gasteiger partial charge in [0, 0.05) is 5.57 Å². The standard InChI is InChI=1S/C8HF17O3S.C6H10O2.H3N/c9-1(10,3(13,14)5(17,18)7(21,22)23)2(11,12)4(15,16)6(19,20)8(24,25)29(26,27)28;1-4-8-6(7)5(2)3;/h(H,26,27,28);2,4H2,1,3H3;1H3. The van der Waals surface area contributed by atoms with Crippen LogP contribution < -0.4 is 6.15 Å². The fourth-order valence-electron chi connectivity index (χ4n) is 1.57. The van der Waals surface area contributed by atoms with Crippen LogP contribution >= 0.6 is 0 Å². The second kappa shape index (κ2) is 11.2. The van der Waals surface area contributed by atoms with E-state index < -0.39 is 57.1 Å². The van der Waals surface area contributed by atoms with Gasteiger partial charge in [-0.1, -0.05) is 6.58 Å². The van der Waals surface area contributed by atoms with Crippen LogP contribution in [0.15, 0.2) is 12.2 Å². The molecule has 0 unspecified atom stereocenters. The molecular formula is C14H14F17NO5S. The highest BCUT2D eigenvalue weighted by Crippen LogP contribution is 2.64. The van der Waals surface area contributed by atoms with Gasteiger partial charge in [0.05, 0.1) is 6.61 Å². The van der Waals surface area contributed by atoms with E-state index in [0.29, 0.717) is 12.2 Å². The molecule has 0 fully saturated rings. The zero-order valence-electron chi connectivity index (χ0n) is 18.0. The lowest BCUT2D eigenvalue weighted by Crippen LogP contribution is -2.74. The number of rotatable bonds is 9. The lowest BCUT2D eigenvalue weighted by molar-refractivity contribution is -0.458. The molecule has 0 saturated carbocycles. The number of esters is 1. The number of ether oxygens (including phenoxy) is 1. The minimum atomic E-state index is -8.89. The predicted molar refractivity (Wildman–Crippen MR) is 88.7 cm³/mol. The molecule has 0 aliphatic carbocycles. The predicted octanol–water partition coefficient (Wildman–Crippen LogP) is 6.13. The van der Waals surface area contributed by atoms with Crippen LogP contribution in [0.1, 0.15) is 13.8 Å². The maximum Gasteiger partial charge on any atom is 0.460 e. The Morgan fingerprint density at radius 2 is 0.947 bits per heavy atom. The van der Waals surface area contributed by atoms with Crippen molar-refractivity contribution in [3.8, 4) is 0 Å². The first kappa shape index (κ1) is 40.4. The Morgan fingerprint density at radius 1 is 0.684 bits per heavy atom. The van der Waals surface area contributed by atoms with Gasteiger partial charge in [-0.25, -0.2) is 4.79 Å². The van der Waals surface area contributed by atoms with Crippen molar-refractivity contribution in [1.29, 1.82) is 0 Å². The number of alkyl halides is 17. The molecule has 0 radical (unpaired) electrons. The van der Waals surface area contributed by atoms with Crippen LogP contribution in [0.3, 0.4) is 0 Å². The van der Waals surface area contributed by atoms with Gasteiger partial charge in [-0.2, -0.15) is 83.1 Å². The monoisotopic (exact) mass is 631 g/mol. The summed E-state index contributed by atoms with van der Waals surface area (Å²) >= 11 is 0. The summed E-state index contributed by atoms with van der Waals surface area (Å²) in [5.41, 5.74) is 0.451. The maximum absolute atomic E-state index is 13.0. The topological polar surface area (TPSA) is 116 Å². The van der Waals surface area contributed by atoms with Crippen molar-refractivity contribution in [2.45, 2.75) is 60.8 Å². The molecule has 0 rings (SSSR count). The average Bonchev–Trinajstić information content (AvgIpc) is 2.65. The molecule has 0 aromatic carbocycles. The molecule has 0 atom stereocenters. The van der Waals surface area contributed by atoms with Crippen molar-refractivity contribution < 1.29 is 97.1 Å². The fraction of sp³-hybridized carbons (Fsp3) is 0.786. The van der Waals surface area contributed by atoms with Gasteiger partial charge in [0.2, 0.25) is 0 Å². The molecule has 24 heteroatoms. The Kier molecular flexibility index (Phi) is 11.9. The van der Waals surface area contributed by atoms with Crippen LogP contribution in [0, 0.1) is 0 Å². The van der Waals surface area contributed by atoms with Crippen LogP contribution in [-0.2, 0) is 19.6 Å². The molecular weight excluding hydrogens is 617 g/mol.